The fourth-order valence-electron chi connectivity index (χ4n) is 1.73. The summed E-state index contributed by atoms with van der Waals surface area (Å²) in [7, 11) is 0. The van der Waals surface area contributed by atoms with Crippen molar-refractivity contribution in [2.45, 2.75) is 13.3 Å². The summed E-state index contributed by atoms with van der Waals surface area (Å²) >= 11 is 0. The molecule has 0 unspecified atom stereocenters. The lowest BCUT2D eigenvalue weighted by atomic mass is 10.1. The molecular weight excluding hydrogens is 240 g/mol. The zero-order valence-electron chi connectivity index (χ0n) is 11.2. The van der Waals surface area contributed by atoms with E-state index in [4.69, 9.17) is 10.8 Å². The molecule has 0 atom stereocenters. The van der Waals surface area contributed by atoms with Crippen LogP contribution in [0.1, 0.15) is 29.3 Å². The highest BCUT2D eigenvalue weighted by Crippen LogP contribution is 2.08. The van der Waals surface area contributed by atoms with Gasteiger partial charge in [-0.3, -0.25) is 4.79 Å². The van der Waals surface area contributed by atoms with Crippen LogP contribution in [-0.4, -0.2) is 42.2 Å². The Kier molecular flexibility index (Phi) is 6.65. The molecule has 0 heterocycles. The quantitative estimate of drug-likeness (QED) is 0.771. The predicted molar refractivity (Wildman–Crippen MR) is 75.7 cm³/mol. The highest BCUT2D eigenvalue weighted by molar-refractivity contribution is 5.94. The van der Waals surface area contributed by atoms with Crippen molar-refractivity contribution in [3.63, 3.8) is 0 Å². The molecule has 102 valence electrons. The molecule has 0 radical (unpaired) electrons. The Morgan fingerprint density at radius 2 is 2.26 bits per heavy atom. The van der Waals surface area contributed by atoms with E-state index < -0.39 is 0 Å². The van der Waals surface area contributed by atoms with E-state index in [0.717, 1.165) is 5.56 Å². The van der Waals surface area contributed by atoms with Crippen molar-refractivity contribution in [3.05, 3.63) is 35.4 Å². The van der Waals surface area contributed by atoms with Crippen LogP contribution in [0.4, 0.5) is 0 Å². The van der Waals surface area contributed by atoms with Gasteiger partial charge < -0.3 is 15.7 Å². The Morgan fingerprint density at radius 1 is 1.47 bits per heavy atom. The molecule has 0 fully saturated rings. The second-order valence-electron chi connectivity index (χ2n) is 4.05. The fraction of sp³-hybridized carbons (Fsp3) is 0.400. The van der Waals surface area contributed by atoms with Crippen molar-refractivity contribution in [1.29, 1.82) is 0 Å². The van der Waals surface area contributed by atoms with Gasteiger partial charge in [0.2, 0.25) is 0 Å². The largest absolute Gasteiger partial charge is 0.396 e. The molecule has 0 aliphatic rings. The lowest BCUT2D eigenvalue weighted by Crippen LogP contribution is -2.32. The molecule has 1 rings (SSSR count). The molecule has 0 bridgehead atoms. The number of aliphatic hydroxyl groups excluding tert-OH is 1. The maximum absolute atomic E-state index is 12.3. The first-order valence-corrected chi connectivity index (χ1v) is 6.42. The van der Waals surface area contributed by atoms with E-state index in [-0.39, 0.29) is 12.5 Å². The standard InChI is InChI=1S/C15H20N2O2/c1-2-17(10-5-11-18)15(19)14-8-3-6-13(12-14)7-4-9-16/h3,6,8,12,18H,2,5,9-11,16H2,1H3. The molecule has 0 aliphatic heterocycles. The van der Waals surface area contributed by atoms with Gasteiger partial charge in [0.15, 0.2) is 0 Å². The first-order valence-electron chi connectivity index (χ1n) is 6.42. The van der Waals surface area contributed by atoms with E-state index in [1.807, 2.05) is 19.1 Å². The Hall–Kier alpha value is -1.83. The second kappa shape index (κ2) is 8.30. The van der Waals surface area contributed by atoms with Crippen LogP contribution in [0.5, 0.6) is 0 Å². The van der Waals surface area contributed by atoms with Gasteiger partial charge in [0.1, 0.15) is 0 Å². The lowest BCUT2D eigenvalue weighted by Gasteiger charge is -2.20. The molecule has 0 aliphatic carbocycles. The smallest absolute Gasteiger partial charge is 0.253 e. The Labute approximate surface area is 114 Å². The number of carbonyl (C=O) groups is 1. The topological polar surface area (TPSA) is 66.6 Å². The maximum atomic E-state index is 12.3. The number of hydrogen-bond acceptors (Lipinski definition) is 3. The summed E-state index contributed by atoms with van der Waals surface area (Å²) in [4.78, 5) is 14.0. The van der Waals surface area contributed by atoms with Crippen LogP contribution in [0, 0.1) is 11.8 Å². The maximum Gasteiger partial charge on any atom is 0.253 e. The minimum Gasteiger partial charge on any atom is -0.396 e. The number of nitrogens with zero attached hydrogens (tertiary/aromatic N) is 1. The average molecular weight is 260 g/mol. The van der Waals surface area contributed by atoms with Gasteiger partial charge in [-0.2, -0.15) is 0 Å². The molecule has 1 aromatic rings. The molecule has 0 saturated heterocycles. The molecule has 0 aromatic heterocycles. The van der Waals surface area contributed by atoms with Crippen LogP contribution in [0.15, 0.2) is 24.3 Å². The summed E-state index contributed by atoms with van der Waals surface area (Å²) in [6.07, 6.45) is 0.590. The molecule has 4 nitrogen and oxygen atoms in total. The fourth-order valence-corrected chi connectivity index (χ4v) is 1.73. The van der Waals surface area contributed by atoms with Crippen molar-refractivity contribution in [2.24, 2.45) is 5.73 Å². The highest BCUT2D eigenvalue weighted by atomic mass is 16.3. The summed E-state index contributed by atoms with van der Waals surface area (Å²) in [5, 5.41) is 8.84. The summed E-state index contributed by atoms with van der Waals surface area (Å²) in [5.74, 6) is 5.65. The van der Waals surface area contributed by atoms with Crippen molar-refractivity contribution in [1.82, 2.24) is 4.90 Å². The van der Waals surface area contributed by atoms with E-state index in [1.165, 1.54) is 0 Å². The van der Waals surface area contributed by atoms with Crippen LogP contribution >= 0.6 is 0 Å². The van der Waals surface area contributed by atoms with Gasteiger partial charge in [0.05, 0.1) is 6.54 Å². The zero-order chi connectivity index (χ0) is 14.1. The zero-order valence-corrected chi connectivity index (χ0v) is 11.2. The summed E-state index contributed by atoms with van der Waals surface area (Å²) in [6, 6.07) is 7.21. The van der Waals surface area contributed by atoms with Gasteiger partial charge in [0, 0.05) is 30.8 Å². The third-order valence-corrected chi connectivity index (χ3v) is 2.70. The molecular formula is C15H20N2O2. The van der Waals surface area contributed by atoms with Gasteiger partial charge >= 0.3 is 0 Å². The summed E-state index contributed by atoms with van der Waals surface area (Å²) in [5.41, 5.74) is 6.73. The SMILES string of the molecule is CCN(CCCO)C(=O)c1cccc(C#CCN)c1. The first-order chi connectivity index (χ1) is 9.22. The number of rotatable bonds is 5. The molecule has 1 amide bonds. The summed E-state index contributed by atoms with van der Waals surface area (Å²) in [6.45, 7) is 3.50. The van der Waals surface area contributed by atoms with Crippen LogP contribution in [0.3, 0.4) is 0 Å². The average Bonchev–Trinajstić information content (AvgIpc) is 2.46. The molecule has 19 heavy (non-hydrogen) atoms. The minimum absolute atomic E-state index is 0.0349. The van der Waals surface area contributed by atoms with E-state index >= 15 is 0 Å². The Bertz CT molecular complexity index is 475. The number of aliphatic hydroxyl groups is 1. The number of hydrogen-bond donors (Lipinski definition) is 2. The van der Waals surface area contributed by atoms with Gasteiger partial charge in [-0.05, 0) is 31.5 Å². The van der Waals surface area contributed by atoms with Gasteiger partial charge in [-0.15, -0.1) is 0 Å². The molecule has 4 heteroatoms. The third kappa shape index (κ3) is 4.74. The number of amides is 1. The van der Waals surface area contributed by atoms with Crippen LogP contribution in [0.2, 0.25) is 0 Å². The number of nitrogens with two attached hydrogens (primary N) is 1. The molecule has 1 aromatic carbocycles. The van der Waals surface area contributed by atoms with Gasteiger partial charge in [0.25, 0.3) is 5.91 Å². The van der Waals surface area contributed by atoms with Crippen molar-refractivity contribution < 1.29 is 9.90 Å². The van der Waals surface area contributed by atoms with Crippen LogP contribution in [0.25, 0.3) is 0 Å². The Balaban J connectivity index is 2.85. The van der Waals surface area contributed by atoms with Crippen LogP contribution in [-0.2, 0) is 0 Å². The first kappa shape index (κ1) is 15.2. The van der Waals surface area contributed by atoms with Crippen molar-refractivity contribution >= 4 is 5.91 Å². The van der Waals surface area contributed by atoms with E-state index in [2.05, 4.69) is 11.8 Å². The third-order valence-electron chi connectivity index (χ3n) is 2.70. The number of benzene rings is 1. The molecule has 0 spiro atoms. The predicted octanol–water partition coefficient (Wildman–Crippen LogP) is 0.841. The monoisotopic (exact) mass is 260 g/mol. The summed E-state index contributed by atoms with van der Waals surface area (Å²) < 4.78 is 0. The highest BCUT2D eigenvalue weighted by Gasteiger charge is 2.13. The number of carbonyl (C=O) groups excluding carboxylic acids is 1. The molecule has 0 saturated carbocycles. The minimum atomic E-state index is -0.0349. The lowest BCUT2D eigenvalue weighted by molar-refractivity contribution is 0.0754. The van der Waals surface area contributed by atoms with Crippen LogP contribution < -0.4 is 5.73 Å². The van der Waals surface area contributed by atoms with Crippen molar-refractivity contribution in [2.75, 3.05) is 26.2 Å². The van der Waals surface area contributed by atoms with E-state index in [1.54, 1.807) is 17.0 Å². The van der Waals surface area contributed by atoms with E-state index in [9.17, 15) is 4.79 Å². The van der Waals surface area contributed by atoms with Gasteiger partial charge in [-0.25, -0.2) is 0 Å². The van der Waals surface area contributed by atoms with E-state index in [0.29, 0.717) is 31.6 Å². The van der Waals surface area contributed by atoms with Crippen molar-refractivity contribution in [3.8, 4) is 11.8 Å². The second-order valence-corrected chi connectivity index (χ2v) is 4.05. The Morgan fingerprint density at radius 3 is 2.89 bits per heavy atom. The molecule has 3 N–H and O–H groups in total. The van der Waals surface area contributed by atoms with Gasteiger partial charge in [-0.1, -0.05) is 17.9 Å². The normalized spacial score (nSPS) is 9.63.